The summed E-state index contributed by atoms with van der Waals surface area (Å²) in [7, 11) is 1.26. The van der Waals surface area contributed by atoms with Gasteiger partial charge >= 0.3 is 5.97 Å². The van der Waals surface area contributed by atoms with E-state index in [2.05, 4.69) is 4.98 Å². The van der Waals surface area contributed by atoms with E-state index in [-0.39, 0.29) is 32.3 Å². The number of esters is 1. The summed E-state index contributed by atoms with van der Waals surface area (Å²) in [5, 5.41) is 0.369. The molecule has 0 fully saturated rings. The van der Waals surface area contributed by atoms with Gasteiger partial charge in [-0.05, 0) is 39.0 Å². The number of amides is 2. The van der Waals surface area contributed by atoms with Crippen LogP contribution in [0.25, 0.3) is 11.0 Å². The number of aryl methyl sites for hydroxylation is 2. The van der Waals surface area contributed by atoms with Crippen molar-refractivity contribution in [1.29, 1.82) is 0 Å². The molecule has 9 nitrogen and oxygen atoms in total. The highest BCUT2D eigenvalue weighted by Gasteiger charge is 2.66. The van der Waals surface area contributed by atoms with Gasteiger partial charge in [-0.2, -0.15) is 0 Å². The molecule has 0 bridgehead atoms. The van der Waals surface area contributed by atoms with E-state index < -0.39 is 28.8 Å². The minimum Gasteiger partial charge on any atom is -0.465 e. The summed E-state index contributed by atoms with van der Waals surface area (Å²) >= 11 is 0.928. The molecule has 0 radical (unpaired) electrons. The molecule has 0 saturated carbocycles. The number of carbonyl (C=O) groups excluding carboxylic acids is 3. The van der Waals surface area contributed by atoms with Gasteiger partial charge in [0.15, 0.2) is 16.1 Å². The number of aromatic nitrogens is 1. The van der Waals surface area contributed by atoms with Crippen LogP contribution >= 0.6 is 11.3 Å². The van der Waals surface area contributed by atoms with Gasteiger partial charge in [0.25, 0.3) is 11.8 Å². The van der Waals surface area contributed by atoms with Gasteiger partial charge < -0.3 is 14.1 Å². The fourth-order valence-electron chi connectivity index (χ4n) is 5.35. The van der Waals surface area contributed by atoms with Gasteiger partial charge in [-0.1, -0.05) is 41.2 Å². The van der Waals surface area contributed by atoms with E-state index in [1.54, 1.807) is 54.3 Å². The van der Waals surface area contributed by atoms with Crippen molar-refractivity contribution in [3.8, 4) is 0 Å². The minimum atomic E-state index is -1.84. The average molecular weight is 516 g/mol. The molecule has 0 saturated heterocycles. The van der Waals surface area contributed by atoms with Crippen molar-refractivity contribution in [2.24, 2.45) is 0 Å². The molecule has 2 aliphatic rings. The number of hydrogen-bond donors (Lipinski definition) is 0. The Labute approximate surface area is 214 Å². The Balaban J connectivity index is 1.76. The van der Waals surface area contributed by atoms with E-state index in [1.165, 1.54) is 12.0 Å². The van der Waals surface area contributed by atoms with Gasteiger partial charge in [-0.25, -0.2) is 9.78 Å². The van der Waals surface area contributed by atoms with E-state index in [4.69, 9.17) is 9.15 Å². The number of hydrogen-bond acceptors (Lipinski definition) is 8. The molecular formula is C27H21N3O6S. The lowest BCUT2D eigenvalue weighted by atomic mass is 9.84. The molecule has 2 aliphatic heterocycles. The van der Waals surface area contributed by atoms with Crippen LogP contribution in [-0.4, -0.2) is 36.4 Å². The Morgan fingerprint density at radius 2 is 1.89 bits per heavy atom. The monoisotopic (exact) mass is 515 g/mol. The summed E-state index contributed by atoms with van der Waals surface area (Å²) in [6, 6.07) is 12.2. The Kier molecular flexibility index (Phi) is 4.90. The predicted octanol–water partition coefficient (Wildman–Crippen LogP) is 3.92. The van der Waals surface area contributed by atoms with Gasteiger partial charge in [-0.15, -0.1) is 0 Å². The molecule has 37 heavy (non-hydrogen) atoms. The molecule has 0 N–H and O–H groups in total. The Morgan fingerprint density at radius 1 is 1.14 bits per heavy atom. The number of methoxy groups -OCH3 is 1. The van der Waals surface area contributed by atoms with Crippen molar-refractivity contribution < 1.29 is 23.5 Å². The summed E-state index contributed by atoms with van der Waals surface area (Å²) in [5.41, 5.74) is 0.145. The van der Waals surface area contributed by atoms with Crippen LogP contribution < -0.4 is 15.2 Å². The number of ether oxygens (including phenoxy) is 1. The molecule has 1 atom stereocenters. The van der Waals surface area contributed by atoms with Crippen molar-refractivity contribution in [2.45, 2.75) is 26.3 Å². The zero-order valence-electron chi connectivity index (χ0n) is 20.4. The smallest absolute Gasteiger partial charge is 0.350 e. The van der Waals surface area contributed by atoms with E-state index in [1.807, 2.05) is 13.8 Å². The van der Waals surface area contributed by atoms with Crippen molar-refractivity contribution in [2.75, 3.05) is 23.5 Å². The highest BCUT2D eigenvalue weighted by molar-refractivity contribution is 7.17. The van der Waals surface area contributed by atoms with Crippen LogP contribution in [0.2, 0.25) is 0 Å². The molecule has 0 aliphatic carbocycles. The Bertz CT molecular complexity index is 1740. The number of para-hydroxylation sites is 1. The summed E-state index contributed by atoms with van der Waals surface area (Å²) in [5.74, 6) is -1.96. The molecule has 2 aromatic heterocycles. The number of anilines is 2. The first kappa shape index (κ1) is 23.1. The zero-order chi connectivity index (χ0) is 26.2. The van der Waals surface area contributed by atoms with Gasteiger partial charge in [-0.3, -0.25) is 19.3 Å². The first-order valence-corrected chi connectivity index (χ1v) is 12.5. The van der Waals surface area contributed by atoms with E-state index in [9.17, 15) is 19.2 Å². The van der Waals surface area contributed by atoms with Gasteiger partial charge in [0.1, 0.15) is 10.5 Å². The number of benzene rings is 2. The lowest BCUT2D eigenvalue weighted by molar-refractivity contribution is -0.121. The summed E-state index contributed by atoms with van der Waals surface area (Å²) in [6.45, 7) is 5.61. The van der Waals surface area contributed by atoms with Crippen molar-refractivity contribution in [1.82, 2.24) is 4.98 Å². The van der Waals surface area contributed by atoms with Crippen LogP contribution in [-0.2, 0) is 15.1 Å². The maximum absolute atomic E-state index is 14.4. The molecular weight excluding hydrogens is 494 g/mol. The second-order valence-corrected chi connectivity index (χ2v) is 9.93. The first-order valence-electron chi connectivity index (χ1n) is 11.6. The predicted molar refractivity (Wildman–Crippen MR) is 137 cm³/mol. The van der Waals surface area contributed by atoms with E-state index in [0.717, 1.165) is 16.9 Å². The lowest BCUT2D eigenvalue weighted by Crippen LogP contribution is -2.53. The second-order valence-electron chi connectivity index (χ2n) is 8.96. The molecule has 186 valence electrons. The van der Waals surface area contributed by atoms with Gasteiger partial charge in [0, 0.05) is 12.1 Å². The summed E-state index contributed by atoms with van der Waals surface area (Å²) in [4.78, 5) is 62.5. The molecule has 10 heteroatoms. The molecule has 4 aromatic rings. The van der Waals surface area contributed by atoms with Crippen LogP contribution in [0.3, 0.4) is 0 Å². The molecule has 4 heterocycles. The topological polar surface area (TPSA) is 110 Å². The number of likely N-dealkylation sites (N-methyl/N-ethyl adjacent to an activating group) is 1. The average Bonchev–Trinajstić information content (AvgIpc) is 3.48. The lowest BCUT2D eigenvalue weighted by Gasteiger charge is -2.32. The van der Waals surface area contributed by atoms with Crippen LogP contribution in [0, 0.1) is 13.8 Å². The molecule has 6 rings (SSSR count). The zero-order valence-corrected chi connectivity index (χ0v) is 21.3. The molecule has 1 unspecified atom stereocenters. The van der Waals surface area contributed by atoms with Gasteiger partial charge in [0.2, 0.25) is 5.76 Å². The SMILES string of the molecule is CCN1C(=O)C2(c3ccccc31)c1c(oc3ccc(C)cc3c1=O)C(=O)N2c1nc(C)c(C(=O)OC)s1. The normalized spacial score (nSPS) is 18.2. The maximum Gasteiger partial charge on any atom is 0.350 e. The minimum absolute atomic E-state index is 0.0449. The fourth-order valence-corrected chi connectivity index (χ4v) is 6.39. The highest BCUT2D eigenvalue weighted by atomic mass is 32.1. The number of rotatable bonds is 3. The van der Waals surface area contributed by atoms with Gasteiger partial charge in [0.05, 0.1) is 29.4 Å². The standard InChI is InChI=1S/C27H21N3O6S/c1-5-29-17-9-7-6-8-16(17)27(25(29)34)19-20(31)15-12-13(2)10-11-18(15)36-21(19)23(32)30(27)26-28-14(3)22(37-26)24(33)35-4/h6-12H,5H2,1-4H3. The molecule has 2 amide bonds. The van der Waals surface area contributed by atoms with E-state index in [0.29, 0.717) is 23.5 Å². The second kappa shape index (κ2) is 7.84. The Morgan fingerprint density at radius 3 is 2.62 bits per heavy atom. The van der Waals surface area contributed by atoms with Crippen LogP contribution in [0.15, 0.2) is 51.7 Å². The number of thiazole rings is 1. The molecule has 1 spiro atoms. The van der Waals surface area contributed by atoms with Crippen molar-refractivity contribution >= 4 is 50.9 Å². The number of carbonyl (C=O) groups is 3. The fraction of sp³-hybridized carbons (Fsp3) is 0.222. The number of nitrogens with zero attached hydrogens (tertiary/aromatic N) is 3. The van der Waals surface area contributed by atoms with Crippen LogP contribution in [0.1, 0.15) is 49.5 Å². The third-order valence-corrected chi connectivity index (χ3v) is 8.07. The summed E-state index contributed by atoms with van der Waals surface area (Å²) < 4.78 is 10.9. The largest absolute Gasteiger partial charge is 0.465 e. The maximum atomic E-state index is 14.4. The number of fused-ring (bicyclic) bond motifs is 5. The third kappa shape index (κ3) is 2.81. The highest BCUT2D eigenvalue weighted by Crippen LogP contribution is 2.54. The quantitative estimate of drug-likeness (QED) is 0.380. The van der Waals surface area contributed by atoms with Crippen molar-refractivity contribution in [3.05, 3.63) is 85.7 Å². The van der Waals surface area contributed by atoms with Crippen LogP contribution in [0.5, 0.6) is 0 Å². The first-order chi connectivity index (χ1) is 17.7. The van der Waals surface area contributed by atoms with E-state index >= 15 is 0 Å². The third-order valence-electron chi connectivity index (χ3n) is 6.94. The molecule has 2 aromatic carbocycles. The van der Waals surface area contributed by atoms with Crippen LogP contribution in [0.4, 0.5) is 10.8 Å². The van der Waals surface area contributed by atoms with Crippen molar-refractivity contribution in [3.63, 3.8) is 0 Å². The summed E-state index contributed by atoms with van der Waals surface area (Å²) in [6.07, 6.45) is 0. The Hall–Kier alpha value is -4.31.